The van der Waals surface area contributed by atoms with Crippen molar-refractivity contribution in [3.05, 3.63) is 0 Å². The van der Waals surface area contributed by atoms with Crippen LogP contribution in [0.1, 0.15) is 0 Å². The fraction of sp³-hybridized carbons (Fsp3) is 1.00. The topological polar surface area (TPSA) is 52.6 Å². The summed E-state index contributed by atoms with van der Waals surface area (Å²) in [5.41, 5.74) is -5.44. The number of alkyl halides is 3. The van der Waals surface area contributed by atoms with Crippen molar-refractivity contribution in [2.24, 2.45) is 0 Å². The van der Waals surface area contributed by atoms with Crippen LogP contribution in [0.3, 0.4) is 0 Å². The first-order chi connectivity index (χ1) is 5.46. The highest BCUT2D eigenvalue weighted by Crippen LogP contribution is 2.25. The van der Waals surface area contributed by atoms with E-state index in [1.54, 1.807) is 0 Å². The van der Waals surface area contributed by atoms with Crippen LogP contribution in [0.15, 0.2) is 0 Å². The minimum atomic E-state index is -5.62. The van der Waals surface area contributed by atoms with Crippen LogP contribution >= 0.6 is 0 Å². The molecular weight excluding hydrogens is 229 g/mol. The van der Waals surface area contributed by atoms with Crippen molar-refractivity contribution in [1.29, 1.82) is 0 Å². The molecule has 9 heteroatoms. The first-order valence-electron chi connectivity index (χ1n) is 3.14. The van der Waals surface area contributed by atoms with Gasteiger partial charge < -0.3 is 0 Å². The lowest BCUT2D eigenvalue weighted by Gasteiger charge is -2.15. The summed E-state index contributed by atoms with van der Waals surface area (Å²) in [5.74, 6) is 0. The quantitative estimate of drug-likeness (QED) is 0.324. The Kier molecular flexibility index (Phi) is 3.52. The second kappa shape index (κ2) is 3.56. The molecule has 0 bridgehead atoms. The molecule has 0 aliphatic rings. The Morgan fingerprint density at radius 3 is 1.77 bits per heavy atom. The highest BCUT2D eigenvalue weighted by atomic mass is 32.2. The fourth-order valence-corrected chi connectivity index (χ4v) is 1.44. The van der Waals surface area contributed by atoms with Crippen LogP contribution in [-0.2, 0) is 19.0 Å². The van der Waals surface area contributed by atoms with Gasteiger partial charge in [-0.1, -0.05) is 0 Å². The molecule has 0 aromatic rings. The van der Waals surface area contributed by atoms with Crippen molar-refractivity contribution in [1.82, 2.24) is 0 Å². The van der Waals surface area contributed by atoms with Gasteiger partial charge in [0.15, 0.2) is 0 Å². The molecule has 0 fully saturated rings. The molecule has 80 valence electrons. The molecule has 0 aromatic heterocycles. The normalized spacial score (nSPS) is 14.6. The Bertz CT molecular complexity index is 264. The van der Waals surface area contributed by atoms with Gasteiger partial charge in [-0.05, 0) is 19.6 Å². The molecule has 0 aliphatic heterocycles. The first-order valence-corrected chi connectivity index (χ1v) is 7.96. The summed E-state index contributed by atoms with van der Waals surface area (Å²) in [6.07, 6.45) is 0. The van der Waals surface area contributed by atoms with Gasteiger partial charge >= 0.3 is 15.6 Å². The SMILES string of the molecule is C[Si](C)(C)OOS(=O)(=O)C(F)(F)F. The summed E-state index contributed by atoms with van der Waals surface area (Å²) >= 11 is 0. The van der Waals surface area contributed by atoms with E-state index in [2.05, 4.69) is 8.91 Å². The highest BCUT2D eigenvalue weighted by molar-refractivity contribution is 7.87. The molecule has 0 rings (SSSR count). The smallest absolute Gasteiger partial charge is 0.270 e. The number of hydrogen-bond acceptors (Lipinski definition) is 4. The van der Waals surface area contributed by atoms with Crippen LogP contribution in [0.4, 0.5) is 13.2 Å². The summed E-state index contributed by atoms with van der Waals surface area (Å²) < 4.78 is 62.9. The van der Waals surface area contributed by atoms with Crippen molar-refractivity contribution in [2.45, 2.75) is 25.1 Å². The average molecular weight is 238 g/mol. The average Bonchev–Trinajstić information content (AvgIpc) is 1.79. The van der Waals surface area contributed by atoms with Crippen molar-refractivity contribution in [3.63, 3.8) is 0 Å². The highest BCUT2D eigenvalue weighted by Gasteiger charge is 2.49. The number of hydrogen-bond donors (Lipinski definition) is 0. The summed E-state index contributed by atoms with van der Waals surface area (Å²) in [5, 5.41) is 0. The standard InChI is InChI=1S/C4H9F3O4SSi/c1-13(2,3)11-10-12(8,9)4(5,6)7/h1-3H3. The Morgan fingerprint density at radius 2 is 1.54 bits per heavy atom. The fourth-order valence-electron chi connectivity index (χ4n) is 0.185. The van der Waals surface area contributed by atoms with E-state index in [9.17, 15) is 21.6 Å². The summed E-state index contributed by atoms with van der Waals surface area (Å²) in [7, 11) is -8.07. The van der Waals surface area contributed by atoms with Gasteiger partial charge in [-0.3, -0.25) is 4.58 Å². The lowest BCUT2D eigenvalue weighted by atomic mass is 11.6. The Balaban J connectivity index is 4.40. The van der Waals surface area contributed by atoms with E-state index in [0.29, 0.717) is 0 Å². The molecule has 0 spiro atoms. The molecule has 0 atom stereocenters. The van der Waals surface area contributed by atoms with Crippen LogP contribution in [-0.4, -0.2) is 22.2 Å². The molecule has 0 radical (unpaired) electrons. The number of rotatable bonds is 3. The molecule has 4 nitrogen and oxygen atoms in total. The summed E-state index contributed by atoms with van der Waals surface area (Å²) in [6.45, 7) is 4.46. The second-order valence-electron chi connectivity index (χ2n) is 3.16. The van der Waals surface area contributed by atoms with Gasteiger partial charge in [0.25, 0.3) is 0 Å². The van der Waals surface area contributed by atoms with Gasteiger partial charge in [0.1, 0.15) is 0 Å². The molecular formula is C4H9F3O4SSi. The van der Waals surface area contributed by atoms with Crippen LogP contribution in [0.2, 0.25) is 19.6 Å². The minimum Gasteiger partial charge on any atom is -0.270 e. The van der Waals surface area contributed by atoms with Crippen LogP contribution in [0, 0.1) is 0 Å². The molecule has 0 aliphatic carbocycles. The third-order valence-corrected chi connectivity index (χ3v) is 2.18. The Hall–Kier alpha value is -0.123. The largest absolute Gasteiger partial charge is 0.525 e. The molecule has 13 heavy (non-hydrogen) atoms. The maximum Gasteiger partial charge on any atom is 0.525 e. The maximum atomic E-state index is 11.6. The lowest BCUT2D eigenvalue weighted by Crippen LogP contribution is -2.32. The zero-order chi connectivity index (χ0) is 10.9. The van der Waals surface area contributed by atoms with Crippen molar-refractivity contribution in [2.75, 3.05) is 0 Å². The molecule has 0 amide bonds. The van der Waals surface area contributed by atoms with E-state index in [4.69, 9.17) is 0 Å². The predicted molar refractivity (Wildman–Crippen MR) is 40.5 cm³/mol. The van der Waals surface area contributed by atoms with E-state index < -0.39 is 23.9 Å². The van der Waals surface area contributed by atoms with Gasteiger partial charge in [-0.15, -0.1) is 4.33 Å². The van der Waals surface area contributed by atoms with Gasteiger partial charge in [0.2, 0.25) is 8.32 Å². The Morgan fingerprint density at radius 1 is 1.15 bits per heavy atom. The second-order valence-corrected chi connectivity index (χ2v) is 9.06. The molecule has 0 heterocycles. The van der Waals surface area contributed by atoms with Crippen LogP contribution in [0.25, 0.3) is 0 Å². The van der Waals surface area contributed by atoms with E-state index in [0.717, 1.165) is 0 Å². The summed E-state index contributed by atoms with van der Waals surface area (Å²) in [6, 6.07) is 0. The monoisotopic (exact) mass is 238 g/mol. The van der Waals surface area contributed by atoms with Crippen molar-refractivity contribution >= 4 is 18.4 Å². The van der Waals surface area contributed by atoms with Crippen molar-refractivity contribution < 1.29 is 30.5 Å². The predicted octanol–water partition coefficient (Wildman–Crippen LogP) is 1.62. The zero-order valence-electron chi connectivity index (χ0n) is 7.18. The minimum absolute atomic E-state index is 1.49. The lowest BCUT2D eigenvalue weighted by molar-refractivity contribution is -0.136. The van der Waals surface area contributed by atoms with E-state index in [1.807, 2.05) is 0 Å². The number of halogens is 3. The van der Waals surface area contributed by atoms with E-state index in [-0.39, 0.29) is 0 Å². The van der Waals surface area contributed by atoms with Crippen LogP contribution in [0.5, 0.6) is 0 Å². The third-order valence-electron chi connectivity index (χ3n) is 0.657. The van der Waals surface area contributed by atoms with E-state index >= 15 is 0 Å². The molecule has 0 N–H and O–H groups in total. The van der Waals surface area contributed by atoms with Crippen molar-refractivity contribution in [3.8, 4) is 0 Å². The van der Waals surface area contributed by atoms with Gasteiger partial charge in [-0.25, -0.2) is 0 Å². The molecule has 0 unspecified atom stereocenters. The zero-order valence-corrected chi connectivity index (χ0v) is 8.99. The van der Waals surface area contributed by atoms with Gasteiger partial charge in [-0.2, -0.15) is 21.6 Å². The first kappa shape index (κ1) is 12.9. The Labute approximate surface area is 74.8 Å². The molecule has 0 aromatic carbocycles. The van der Waals surface area contributed by atoms with Gasteiger partial charge in [0, 0.05) is 0 Å². The third kappa shape index (κ3) is 4.60. The summed E-state index contributed by atoms with van der Waals surface area (Å²) in [4.78, 5) is 0. The molecule has 0 saturated carbocycles. The maximum absolute atomic E-state index is 11.6. The van der Waals surface area contributed by atoms with E-state index in [1.165, 1.54) is 19.6 Å². The van der Waals surface area contributed by atoms with Crippen LogP contribution < -0.4 is 0 Å². The molecule has 0 saturated heterocycles. The van der Waals surface area contributed by atoms with Gasteiger partial charge in [0.05, 0.1) is 0 Å².